The van der Waals surface area contributed by atoms with Gasteiger partial charge in [-0.05, 0) is 24.5 Å². The fourth-order valence-corrected chi connectivity index (χ4v) is 2.10. The highest BCUT2D eigenvalue weighted by molar-refractivity contribution is 6.49. The molecular weight excluding hydrogens is 248 g/mol. The van der Waals surface area contributed by atoms with E-state index in [0.717, 1.165) is 24.8 Å². The van der Waals surface area contributed by atoms with E-state index in [1.54, 1.807) is 30.3 Å². The summed E-state index contributed by atoms with van der Waals surface area (Å²) in [6.07, 6.45) is 3.14. The maximum atomic E-state index is 12.2. The van der Waals surface area contributed by atoms with Gasteiger partial charge in [0, 0.05) is 11.1 Å². The van der Waals surface area contributed by atoms with Crippen LogP contribution in [-0.4, -0.2) is 11.6 Å². The van der Waals surface area contributed by atoms with Crippen LogP contribution < -0.4 is 0 Å². The number of aryl methyl sites for hydroxylation is 1. The SMILES string of the molecule is CCCCc1cccc(C(=O)C(=O)c2ccccc2)c1. The largest absolute Gasteiger partial charge is 0.285 e. The van der Waals surface area contributed by atoms with Crippen molar-refractivity contribution in [2.45, 2.75) is 26.2 Å². The van der Waals surface area contributed by atoms with Crippen molar-refractivity contribution in [3.63, 3.8) is 0 Å². The van der Waals surface area contributed by atoms with E-state index >= 15 is 0 Å². The van der Waals surface area contributed by atoms with Crippen molar-refractivity contribution in [2.75, 3.05) is 0 Å². The molecule has 0 radical (unpaired) electrons. The minimum Gasteiger partial charge on any atom is -0.285 e. The number of Topliss-reactive ketones (excluding diaryl/α,β-unsaturated/α-hetero) is 2. The molecule has 0 heterocycles. The van der Waals surface area contributed by atoms with Crippen molar-refractivity contribution in [2.24, 2.45) is 0 Å². The highest BCUT2D eigenvalue weighted by Gasteiger charge is 2.17. The first-order chi connectivity index (χ1) is 9.72. The van der Waals surface area contributed by atoms with Crippen LogP contribution in [0.15, 0.2) is 54.6 Å². The van der Waals surface area contributed by atoms with Crippen LogP contribution in [0.5, 0.6) is 0 Å². The van der Waals surface area contributed by atoms with Gasteiger partial charge in [-0.1, -0.05) is 61.9 Å². The predicted octanol–water partition coefficient (Wildman–Crippen LogP) is 4.09. The van der Waals surface area contributed by atoms with Gasteiger partial charge >= 0.3 is 0 Å². The predicted molar refractivity (Wildman–Crippen MR) is 80.2 cm³/mol. The molecule has 0 aromatic heterocycles. The van der Waals surface area contributed by atoms with Crippen LogP contribution in [0.1, 0.15) is 46.0 Å². The Hall–Kier alpha value is -2.22. The number of ketones is 2. The van der Waals surface area contributed by atoms with Gasteiger partial charge < -0.3 is 0 Å². The lowest BCUT2D eigenvalue weighted by molar-refractivity contribution is 0.0817. The Balaban J connectivity index is 2.19. The van der Waals surface area contributed by atoms with Gasteiger partial charge in [0.15, 0.2) is 0 Å². The van der Waals surface area contributed by atoms with Gasteiger partial charge in [-0.2, -0.15) is 0 Å². The minimum absolute atomic E-state index is 0.436. The first kappa shape index (κ1) is 14.2. The number of rotatable bonds is 6. The number of hydrogen-bond donors (Lipinski definition) is 0. The Morgan fingerprint density at radius 1 is 0.850 bits per heavy atom. The molecule has 0 aliphatic rings. The molecule has 0 saturated carbocycles. The van der Waals surface area contributed by atoms with Gasteiger partial charge in [0.05, 0.1) is 0 Å². The second-order valence-electron chi connectivity index (χ2n) is 4.83. The zero-order valence-electron chi connectivity index (χ0n) is 11.6. The molecule has 0 unspecified atom stereocenters. The summed E-state index contributed by atoms with van der Waals surface area (Å²) in [4.78, 5) is 24.3. The van der Waals surface area contributed by atoms with Crippen molar-refractivity contribution in [3.8, 4) is 0 Å². The number of hydrogen-bond acceptors (Lipinski definition) is 2. The van der Waals surface area contributed by atoms with Crippen LogP contribution in [0.3, 0.4) is 0 Å². The van der Waals surface area contributed by atoms with Gasteiger partial charge in [0.1, 0.15) is 0 Å². The molecule has 0 aliphatic heterocycles. The molecule has 2 aromatic carbocycles. The van der Waals surface area contributed by atoms with E-state index in [4.69, 9.17) is 0 Å². The van der Waals surface area contributed by atoms with Crippen molar-refractivity contribution >= 4 is 11.6 Å². The maximum Gasteiger partial charge on any atom is 0.233 e. The summed E-state index contributed by atoms with van der Waals surface area (Å²) in [6, 6.07) is 16.1. The van der Waals surface area contributed by atoms with Crippen LogP contribution in [0.25, 0.3) is 0 Å². The molecule has 0 atom stereocenters. The van der Waals surface area contributed by atoms with Crippen molar-refractivity contribution < 1.29 is 9.59 Å². The third-order valence-electron chi connectivity index (χ3n) is 3.25. The van der Waals surface area contributed by atoms with Crippen molar-refractivity contribution in [1.82, 2.24) is 0 Å². The zero-order valence-corrected chi connectivity index (χ0v) is 11.6. The third kappa shape index (κ3) is 3.41. The zero-order chi connectivity index (χ0) is 14.4. The van der Waals surface area contributed by atoms with Crippen LogP contribution in [-0.2, 0) is 6.42 Å². The third-order valence-corrected chi connectivity index (χ3v) is 3.25. The molecule has 2 heteroatoms. The standard InChI is InChI=1S/C18H18O2/c1-2-3-8-14-9-7-12-16(13-14)18(20)17(19)15-10-5-4-6-11-15/h4-7,9-13H,2-3,8H2,1H3. The molecule has 0 saturated heterocycles. The quantitative estimate of drug-likeness (QED) is 0.583. The molecule has 2 nitrogen and oxygen atoms in total. The Bertz CT molecular complexity index is 600. The normalized spacial score (nSPS) is 10.2. The topological polar surface area (TPSA) is 34.1 Å². The molecule has 102 valence electrons. The van der Waals surface area contributed by atoms with Crippen LogP contribution in [0.4, 0.5) is 0 Å². The molecule has 20 heavy (non-hydrogen) atoms. The highest BCUT2D eigenvalue weighted by atomic mass is 16.2. The van der Waals surface area contributed by atoms with Crippen molar-refractivity contribution in [1.29, 1.82) is 0 Å². The molecule has 0 bridgehead atoms. The lowest BCUT2D eigenvalue weighted by Gasteiger charge is -2.04. The fraction of sp³-hybridized carbons (Fsp3) is 0.222. The summed E-state index contributed by atoms with van der Waals surface area (Å²) in [7, 11) is 0. The van der Waals surface area contributed by atoms with Gasteiger partial charge in [0.2, 0.25) is 11.6 Å². The van der Waals surface area contributed by atoms with Crippen LogP contribution in [0.2, 0.25) is 0 Å². The number of carbonyl (C=O) groups is 2. The summed E-state index contributed by atoms with van der Waals surface area (Å²) in [5.74, 6) is -0.882. The first-order valence-electron chi connectivity index (χ1n) is 6.95. The molecule has 0 spiro atoms. The average Bonchev–Trinajstić information content (AvgIpc) is 2.52. The van der Waals surface area contributed by atoms with E-state index in [9.17, 15) is 9.59 Å². The van der Waals surface area contributed by atoms with Gasteiger partial charge in [-0.25, -0.2) is 0 Å². The lowest BCUT2D eigenvalue weighted by atomic mass is 9.98. The molecule has 0 fully saturated rings. The van der Waals surface area contributed by atoms with Gasteiger partial charge in [-0.15, -0.1) is 0 Å². The van der Waals surface area contributed by atoms with E-state index in [1.807, 2.05) is 24.3 Å². The average molecular weight is 266 g/mol. The van der Waals surface area contributed by atoms with Crippen LogP contribution >= 0.6 is 0 Å². The second-order valence-corrected chi connectivity index (χ2v) is 4.83. The molecule has 0 aliphatic carbocycles. The lowest BCUT2D eigenvalue weighted by Crippen LogP contribution is -2.14. The fourth-order valence-electron chi connectivity index (χ4n) is 2.10. The summed E-state index contributed by atoms with van der Waals surface area (Å²) in [6.45, 7) is 2.13. The van der Waals surface area contributed by atoms with E-state index in [0.29, 0.717) is 11.1 Å². The Kier molecular flexibility index (Phi) is 4.83. The Morgan fingerprint density at radius 3 is 2.20 bits per heavy atom. The molecule has 2 aromatic rings. The number of unbranched alkanes of at least 4 members (excludes halogenated alkanes) is 1. The smallest absolute Gasteiger partial charge is 0.233 e. The molecule has 0 amide bonds. The summed E-state index contributed by atoms with van der Waals surface area (Å²) in [5.41, 5.74) is 2.03. The minimum atomic E-state index is -0.446. The maximum absolute atomic E-state index is 12.2. The van der Waals surface area contributed by atoms with Gasteiger partial charge in [0.25, 0.3) is 0 Å². The molecule has 0 N–H and O–H groups in total. The van der Waals surface area contributed by atoms with Crippen LogP contribution in [0, 0.1) is 0 Å². The highest BCUT2D eigenvalue weighted by Crippen LogP contribution is 2.12. The first-order valence-corrected chi connectivity index (χ1v) is 6.95. The molecular formula is C18H18O2. The summed E-state index contributed by atoms with van der Waals surface area (Å²) >= 11 is 0. The van der Waals surface area contributed by atoms with Crippen molar-refractivity contribution in [3.05, 3.63) is 71.3 Å². The van der Waals surface area contributed by atoms with E-state index in [1.165, 1.54) is 0 Å². The van der Waals surface area contributed by atoms with E-state index in [2.05, 4.69) is 6.92 Å². The Labute approximate surface area is 119 Å². The van der Waals surface area contributed by atoms with Gasteiger partial charge in [-0.3, -0.25) is 9.59 Å². The Morgan fingerprint density at radius 2 is 1.50 bits per heavy atom. The number of carbonyl (C=O) groups excluding carboxylic acids is 2. The number of benzene rings is 2. The molecule has 2 rings (SSSR count). The monoisotopic (exact) mass is 266 g/mol. The summed E-state index contributed by atoms with van der Waals surface area (Å²) < 4.78 is 0. The van der Waals surface area contributed by atoms with E-state index < -0.39 is 11.6 Å². The van der Waals surface area contributed by atoms with E-state index in [-0.39, 0.29) is 0 Å². The summed E-state index contributed by atoms with van der Waals surface area (Å²) in [5, 5.41) is 0. The second kappa shape index (κ2) is 6.80.